The Morgan fingerprint density at radius 2 is 1.79 bits per heavy atom. The van der Waals surface area contributed by atoms with Crippen LogP contribution in [0.25, 0.3) is 6.08 Å². The number of hydrogen-bond donors (Lipinski definition) is 1. The van der Waals surface area contributed by atoms with E-state index in [1.807, 2.05) is 48.5 Å². The third kappa shape index (κ3) is 7.58. The fraction of sp³-hybridized carbons (Fsp3) is 0.281. The summed E-state index contributed by atoms with van der Waals surface area (Å²) in [6.07, 6.45) is 2.69. The number of nitrogens with zero attached hydrogens (tertiary/aromatic N) is 3. The quantitative estimate of drug-likeness (QED) is 0.302. The molecule has 2 saturated heterocycles. The summed E-state index contributed by atoms with van der Waals surface area (Å²) in [5.41, 5.74) is 2.66. The molecule has 1 N–H and O–H groups in total. The first-order chi connectivity index (χ1) is 20.5. The van der Waals surface area contributed by atoms with Gasteiger partial charge in [-0.2, -0.15) is 0 Å². The Morgan fingerprint density at radius 1 is 1.02 bits per heavy atom. The summed E-state index contributed by atoms with van der Waals surface area (Å²) in [6, 6.07) is 21.7. The average Bonchev–Trinajstić information content (AvgIpc) is 3.30. The Kier molecular flexibility index (Phi) is 9.91. The SMILES string of the molecule is COc1cc(/C=C2\SC(=Nc3ccccc3)N(CCCN3CCOCC3)C2=O)ccc1OCc1ccc(C(=O)O)cc1. The molecule has 9 nitrogen and oxygen atoms in total. The average molecular weight is 588 g/mol. The highest BCUT2D eigenvalue weighted by molar-refractivity contribution is 8.18. The van der Waals surface area contributed by atoms with E-state index in [4.69, 9.17) is 24.3 Å². The molecule has 0 spiro atoms. The Hall–Kier alpha value is -4.12. The number of morpholine rings is 1. The fourth-order valence-electron chi connectivity index (χ4n) is 4.63. The molecular weight excluding hydrogens is 554 g/mol. The molecule has 2 fully saturated rings. The van der Waals surface area contributed by atoms with Gasteiger partial charge in [0, 0.05) is 26.2 Å². The van der Waals surface area contributed by atoms with Gasteiger partial charge in [0.2, 0.25) is 0 Å². The van der Waals surface area contributed by atoms with Gasteiger partial charge >= 0.3 is 5.97 Å². The lowest BCUT2D eigenvalue weighted by molar-refractivity contribution is -0.122. The number of amidine groups is 1. The zero-order chi connectivity index (χ0) is 29.3. The van der Waals surface area contributed by atoms with Gasteiger partial charge in [-0.3, -0.25) is 14.6 Å². The maximum atomic E-state index is 13.6. The number of carbonyl (C=O) groups is 2. The van der Waals surface area contributed by atoms with Crippen molar-refractivity contribution in [3.63, 3.8) is 0 Å². The minimum absolute atomic E-state index is 0.0687. The number of rotatable bonds is 11. The van der Waals surface area contributed by atoms with Crippen LogP contribution in [0, 0.1) is 0 Å². The third-order valence-corrected chi connectivity index (χ3v) is 7.92. The minimum atomic E-state index is -0.970. The molecule has 0 saturated carbocycles. The fourth-order valence-corrected chi connectivity index (χ4v) is 5.65. The number of carboxylic acid groups (broad SMARTS) is 1. The molecule has 2 heterocycles. The highest BCUT2D eigenvalue weighted by Gasteiger charge is 2.33. The van der Waals surface area contributed by atoms with Gasteiger partial charge in [0.15, 0.2) is 16.7 Å². The number of aliphatic imine (C=N–C) groups is 1. The second-order valence-electron chi connectivity index (χ2n) is 9.81. The van der Waals surface area contributed by atoms with Crippen LogP contribution < -0.4 is 9.47 Å². The molecule has 0 bridgehead atoms. The van der Waals surface area contributed by atoms with Gasteiger partial charge in [-0.25, -0.2) is 9.79 Å². The summed E-state index contributed by atoms with van der Waals surface area (Å²) >= 11 is 1.37. The highest BCUT2D eigenvalue weighted by Crippen LogP contribution is 2.36. The summed E-state index contributed by atoms with van der Waals surface area (Å²) in [6.45, 7) is 5.06. The van der Waals surface area contributed by atoms with Gasteiger partial charge in [0.1, 0.15) is 6.61 Å². The van der Waals surface area contributed by atoms with Crippen LogP contribution in [-0.4, -0.2) is 78.5 Å². The molecule has 5 rings (SSSR count). The Morgan fingerprint density at radius 3 is 2.50 bits per heavy atom. The van der Waals surface area contributed by atoms with Crippen molar-refractivity contribution in [3.05, 3.63) is 94.4 Å². The van der Waals surface area contributed by atoms with Crippen LogP contribution in [-0.2, 0) is 16.1 Å². The van der Waals surface area contributed by atoms with Crippen LogP contribution in [0.1, 0.15) is 27.9 Å². The van der Waals surface area contributed by atoms with E-state index < -0.39 is 5.97 Å². The maximum absolute atomic E-state index is 13.6. The van der Waals surface area contributed by atoms with Gasteiger partial charge in [0.05, 0.1) is 36.5 Å². The van der Waals surface area contributed by atoms with Gasteiger partial charge < -0.3 is 19.3 Å². The third-order valence-electron chi connectivity index (χ3n) is 6.91. The molecule has 0 aliphatic carbocycles. The Bertz CT molecular complexity index is 1450. The molecule has 10 heteroatoms. The van der Waals surface area contributed by atoms with Crippen molar-refractivity contribution in [1.82, 2.24) is 9.80 Å². The highest BCUT2D eigenvalue weighted by atomic mass is 32.2. The van der Waals surface area contributed by atoms with Gasteiger partial charge in [-0.05, 0) is 71.8 Å². The first-order valence-corrected chi connectivity index (χ1v) is 14.6. The second kappa shape index (κ2) is 14.2. The van der Waals surface area contributed by atoms with Crippen LogP contribution in [0.5, 0.6) is 11.5 Å². The van der Waals surface area contributed by atoms with Crippen LogP contribution >= 0.6 is 11.8 Å². The van der Waals surface area contributed by atoms with E-state index in [0.717, 1.165) is 56.1 Å². The first kappa shape index (κ1) is 29.4. The number of methoxy groups -OCH3 is 1. The molecule has 0 radical (unpaired) electrons. The zero-order valence-corrected chi connectivity index (χ0v) is 24.2. The van der Waals surface area contributed by atoms with Crippen molar-refractivity contribution >= 4 is 40.6 Å². The monoisotopic (exact) mass is 587 g/mol. The van der Waals surface area contributed by atoms with E-state index in [9.17, 15) is 9.59 Å². The molecule has 0 aromatic heterocycles. The predicted molar refractivity (Wildman–Crippen MR) is 163 cm³/mol. The summed E-state index contributed by atoms with van der Waals surface area (Å²) in [7, 11) is 1.57. The van der Waals surface area contributed by atoms with Crippen molar-refractivity contribution in [2.24, 2.45) is 4.99 Å². The van der Waals surface area contributed by atoms with E-state index in [1.54, 1.807) is 42.3 Å². The van der Waals surface area contributed by atoms with Crippen LogP contribution in [0.3, 0.4) is 0 Å². The molecular formula is C32H33N3O6S. The number of carbonyl (C=O) groups excluding carboxylic acids is 1. The number of para-hydroxylation sites is 1. The van der Waals surface area contributed by atoms with Crippen molar-refractivity contribution in [2.45, 2.75) is 13.0 Å². The van der Waals surface area contributed by atoms with Crippen LogP contribution in [0.15, 0.2) is 82.7 Å². The molecule has 3 aromatic rings. The molecule has 2 aliphatic rings. The van der Waals surface area contributed by atoms with Crippen molar-refractivity contribution in [3.8, 4) is 11.5 Å². The zero-order valence-electron chi connectivity index (χ0n) is 23.4. The number of ether oxygens (including phenoxy) is 3. The van der Waals surface area contributed by atoms with Crippen LogP contribution in [0.2, 0.25) is 0 Å². The number of hydrogen-bond acceptors (Lipinski definition) is 8. The van der Waals surface area contributed by atoms with Gasteiger partial charge in [0.25, 0.3) is 5.91 Å². The van der Waals surface area contributed by atoms with E-state index in [2.05, 4.69) is 4.90 Å². The number of aromatic carboxylic acids is 1. The number of benzene rings is 3. The van der Waals surface area contributed by atoms with Crippen molar-refractivity contribution < 1.29 is 28.9 Å². The number of carboxylic acids is 1. The Labute approximate surface area is 249 Å². The summed E-state index contributed by atoms with van der Waals surface area (Å²) in [5.74, 6) is 0.0361. The lowest BCUT2D eigenvalue weighted by atomic mass is 10.1. The molecule has 2 aliphatic heterocycles. The molecule has 1 amide bonds. The topological polar surface area (TPSA) is 101 Å². The van der Waals surface area contributed by atoms with Gasteiger partial charge in [-0.1, -0.05) is 36.4 Å². The number of amides is 1. The summed E-state index contributed by atoms with van der Waals surface area (Å²) in [4.78, 5) is 34.2. The first-order valence-electron chi connectivity index (χ1n) is 13.8. The molecule has 0 atom stereocenters. The summed E-state index contributed by atoms with van der Waals surface area (Å²) in [5, 5.41) is 9.76. The van der Waals surface area contributed by atoms with E-state index in [1.165, 1.54) is 11.8 Å². The second-order valence-corrected chi connectivity index (χ2v) is 10.8. The standard InChI is InChI=1S/C32H33N3O6S/c1-39-28-20-24(10-13-27(28)41-22-23-8-11-25(12-9-23)31(37)38)21-29-30(36)35(15-5-14-34-16-18-40-19-17-34)32(42-29)33-26-6-3-2-4-7-26/h2-4,6-13,20-21H,5,14-19,22H2,1H3,(H,37,38)/b29-21-,33-32?. The van der Waals surface area contributed by atoms with Crippen molar-refractivity contribution in [1.29, 1.82) is 0 Å². The lowest BCUT2D eigenvalue weighted by Gasteiger charge is -2.27. The normalized spacial score (nSPS) is 17.6. The van der Waals surface area contributed by atoms with Gasteiger partial charge in [-0.15, -0.1) is 0 Å². The Balaban J connectivity index is 1.30. The van der Waals surface area contributed by atoms with Crippen molar-refractivity contribution in [2.75, 3.05) is 46.5 Å². The van der Waals surface area contributed by atoms with E-state index in [-0.39, 0.29) is 18.1 Å². The largest absolute Gasteiger partial charge is 0.493 e. The minimum Gasteiger partial charge on any atom is -0.493 e. The predicted octanol–water partition coefficient (Wildman–Crippen LogP) is 5.30. The number of thioether (sulfide) groups is 1. The maximum Gasteiger partial charge on any atom is 0.335 e. The molecule has 3 aromatic carbocycles. The summed E-state index contributed by atoms with van der Waals surface area (Å²) < 4.78 is 17.0. The van der Waals surface area contributed by atoms with Crippen LogP contribution in [0.4, 0.5) is 5.69 Å². The molecule has 42 heavy (non-hydrogen) atoms. The smallest absolute Gasteiger partial charge is 0.335 e. The molecule has 0 unspecified atom stereocenters. The lowest BCUT2D eigenvalue weighted by Crippen LogP contribution is -2.38. The van der Waals surface area contributed by atoms with E-state index >= 15 is 0 Å². The molecule has 218 valence electrons. The van der Waals surface area contributed by atoms with E-state index in [0.29, 0.717) is 28.1 Å².